The summed E-state index contributed by atoms with van der Waals surface area (Å²) in [4.78, 5) is 11.6. The zero-order valence-electron chi connectivity index (χ0n) is 8.78. The van der Waals surface area contributed by atoms with Crippen LogP contribution >= 0.6 is 0 Å². The molecule has 3 N–H and O–H groups in total. The second kappa shape index (κ2) is 6.19. The van der Waals surface area contributed by atoms with Gasteiger partial charge < -0.3 is 10.8 Å². The number of aliphatic hydroxyl groups is 1. The van der Waals surface area contributed by atoms with Crippen LogP contribution in [-0.2, 0) is 0 Å². The van der Waals surface area contributed by atoms with Gasteiger partial charge in [0.1, 0.15) is 0 Å². The van der Waals surface area contributed by atoms with Gasteiger partial charge in [-0.25, -0.2) is 0 Å². The first-order valence-electron chi connectivity index (χ1n) is 5.23. The SMILES string of the molecule is Nc1ccc(C(=O)CCCCCO)cc1. The van der Waals surface area contributed by atoms with Crippen molar-refractivity contribution in [1.29, 1.82) is 0 Å². The van der Waals surface area contributed by atoms with Gasteiger partial charge in [0.05, 0.1) is 0 Å². The molecule has 0 aliphatic rings. The maximum absolute atomic E-state index is 11.6. The summed E-state index contributed by atoms with van der Waals surface area (Å²) < 4.78 is 0. The second-order valence-corrected chi connectivity index (χ2v) is 3.58. The molecule has 0 aliphatic carbocycles. The van der Waals surface area contributed by atoms with E-state index < -0.39 is 0 Å². The average molecular weight is 207 g/mol. The molecule has 0 radical (unpaired) electrons. The third-order valence-corrected chi connectivity index (χ3v) is 2.29. The molecule has 0 saturated carbocycles. The van der Waals surface area contributed by atoms with Crippen LogP contribution in [0.3, 0.4) is 0 Å². The van der Waals surface area contributed by atoms with Crippen LogP contribution in [-0.4, -0.2) is 17.5 Å². The van der Waals surface area contributed by atoms with E-state index in [4.69, 9.17) is 10.8 Å². The van der Waals surface area contributed by atoms with E-state index in [1.54, 1.807) is 24.3 Å². The van der Waals surface area contributed by atoms with Crippen LogP contribution in [0.2, 0.25) is 0 Å². The van der Waals surface area contributed by atoms with E-state index in [1.807, 2.05) is 0 Å². The Hall–Kier alpha value is -1.35. The summed E-state index contributed by atoms with van der Waals surface area (Å²) in [6.45, 7) is 0.204. The Morgan fingerprint density at radius 2 is 1.80 bits per heavy atom. The third-order valence-electron chi connectivity index (χ3n) is 2.29. The molecule has 0 atom stereocenters. The van der Waals surface area contributed by atoms with Crippen molar-refractivity contribution < 1.29 is 9.90 Å². The fraction of sp³-hybridized carbons (Fsp3) is 0.417. The monoisotopic (exact) mass is 207 g/mol. The van der Waals surface area contributed by atoms with Crippen molar-refractivity contribution in [3.05, 3.63) is 29.8 Å². The molecule has 3 nitrogen and oxygen atoms in total. The van der Waals surface area contributed by atoms with Crippen molar-refractivity contribution in [2.45, 2.75) is 25.7 Å². The van der Waals surface area contributed by atoms with E-state index >= 15 is 0 Å². The molecule has 0 fully saturated rings. The number of hydrogen-bond acceptors (Lipinski definition) is 3. The first-order valence-corrected chi connectivity index (χ1v) is 5.23. The maximum atomic E-state index is 11.6. The maximum Gasteiger partial charge on any atom is 0.162 e. The quantitative estimate of drug-likeness (QED) is 0.426. The molecule has 0 heterocycles. The van der Waals surface area contributed by atoms with E-state index in [1.165, 1.54) is 0 Å². The van der Waals surface area contributed by atoms with Crippen LogP contribution in [0.1, 0.15) is 36.0 Å². The Morgan fingerprint density at radius 1 is 1.13 bits per heavy atom. The lowest BCUT2D eigenvalue weighted by Crippen LogP contribution is -1.99. The Kier molecular flexibility index (Phi) is 4.84. The van der Waals surface area contributed by atoms with Crippen molar-refractivity contribution >= 4 is 11.5 Å². The Morgan fingerprint density at radius 3 is 2.40 bits per heavy atom. The van der Waals surface area contributed by atoms with Crippen LogP contribution < -0.4 is 5.73 Å². The van der Waals surface area contributed by atoms with Crippen molar-refractivity contribution in [3.8, 4) is 0 Å². The largest absolute Gasteiger partial charge is 0.399 e. The standard InChI is InChI=1S/C12H17NO2/c13-11-7-5-10(6-8-11)12(15)4-2-1-3-9-14/h5-8,14H,1-4,9,13H2. The van der Waals surface area contributed by atoms with Gasteiger partial charge in [0.25, 0.3) is 0 Å². The number of rotatable bonds is 6. The first-order chi connectivity index (χ1) is 7.24. The summed E-state index contributed by atoms with van der Waals surface area (Å²) in [5.74, 6) is 0.146. The predicted octanol–water partition coefficient (Wildman–Crippen LogP) is 2.00. The van der Waals surface area contributed by atoms with E-state index in [0.29, 0.717) is 17.7 Å². The summed E-state index contributed by atoms with van der Waals surface area (Å²) in [5.41, 5.74) is 6.92. The third kappa shape index (κ3) is 4.13. The molecule has 0 aliphatic heterocycles. The molecular weight excluding hydrogens is 190 g/mol. The predicted molar refractivity (Wildman–Crippen MR) is 60.7 cm³/mol. The minimum atomic E-state index is 0.146. The van der Waals surface area contributed by atoms with Crippen molar-refractivity contribution in [2.75, 3.05) is 12.3 Å². The normalized spacial score (nSPS) is 10.2. The molecule has 15 heavy (non-hydrogen) atoms. The number of aliphatic hydroxyl groups excluding tert-OH is 1. The lowest BCUT2D eigenvalue weighted by Gasteiger charge is -2.01. The number of nitrogens with two attached hydrogens (primary N) is 1. The van der Waals surface area contributed by atoms with Gasteiger partial charge in [-0.1, -0.05) is 6.42 Å². The number of anilines is 1. The van der Waals surface area contributed by atoms with Crippen LogP contribution in [0, 0.1) is 0 Å². The zero-order chi connectivity index (χ0) is 11.1. The zero-order valence-corrected chi connectivity index (χ0v) is 8.78. The number of unbranched alkanes of at least 4 members (excludes halogenated alkanes) is 2. The summed E-state index contributed by atoms with van der Waals surface area (Å²) in [7, 11) is 0. The van der Waals surface area contributed by atoms with Crippen LogP contribution in [0.25, 0.3) is 0 Å². The van der Waals surface area contributed by atoms with E-state index in [0.717, 1.165) is 19.3 Å². The Bertz CT molecular complexity index is 306. The van der Waals surface area contributed by atoms with Crippen molar-refractivity contribution in [3.63, 3.8) is 0 Å². The molecule has 0 saturated heterocycles. The minimum absolute atomic E-state index is 0.146. The summed E-state index contributed by atoms with van der Waals surface area (Å²) in [5, 5.41) is 8.58. The topological polar surface area (TPSA) is 63.3 Å². The minimum Gasteiger partial charge on any atom is -0.399 e. The highest BCUT2D eigenvalue weighted by molar-refractivity contribution is 5.96. The first kappa shape index (κ1) is 11.7. The lowest BCUT2D eigenvalue weighted by molar-refractivity contribution is 0.0978. The number of carbonyl (C=O) groups is 1. The van der Waals surface area contributed by atoms with Gasteiger partial charge in [-0.05, 0) is 37.1 Å². The molecular formula is C12H17NO2. The number of hydrogen-bond donors (Lipinski definition) is 2. The molecule has 0 amide bonds. The van der Waals surface area contributed by atoms with E-state index in [-0.39, 0.29) is 12.4 Å². The van der Waals surface area contributed by atoms with Gasteiger partial charge in [-0.2, -0.15) is 0 Å². The molecule has 0 spiro atoms. The number of Topliss-reactive ketones (excluding diaryl/α,β-unsaturated/α-hetero) is 1. The van der Waals surface area contributed by atoms with Gasteiger partial charge in [-0.15, -0.1) is 0 Å². The van der Waals surface area contributed by atoms with E-state index in [2.05, 4.69) is 0 Å². The van der Waals surface area contributed by atoms with Gasteiger partial charge in [0.2, 0.25) is 0 Å². The molecule has 0 unspecified atom stereocenters. The number of nitrogen functional groups attached to an aromatic ring is 1. The van der Waals surface area contributed by atoms with Crippen molar-refractivity contribution in [1.82, 2.24) is 0 Å². The fourth-order valence-corrected chi connectivity index (χ4v) is 1.39. The Labute approximate surface area is 89.9 Å². The molecule has 3 heteroatoms. The molecule has 0 bridgehead atoms. The summed E-state index contributed by atoms with van der Waals surface area (Å²) in [6, 6.07) is 6.98. The molecule has 82 valence electrons. The molecule has 1 rings (SSSR count). The second-order valence-electron chi connectivity index (χ2n) is 3.58. The highest BCUT2D eigenvalue weighted by Crippen LogP contribution is 2.10. The van der Waals surface area contributed by atoms with E-state index in [9.17, 15) is 4.79 Å². The van der Waals surface area contributed by atoms with Crippen LogP contribution in [0.15, 0.2) is 24.3 Å². The smallest absolute Gasteiger partial charge is 0.162 e. The van der Waals surface area contributed by atoms with Crippen LogP contribution in [0.4, 0.5) is 5.69 Å². The summed E-state index contributed by atoms with van der Waals surface area (Å²) in [6.07, 6.45) is 3.06. The van der Waals surface area contributed by atoms with Gasteiger partial charge in [-0.3, -0.25) is 4.79 Å². The molecule has 1 aromatic rings. The summed E-state index contributed by atoms with van der Waals surface area (Å²) >= 11 is 0. The average Bonchev–Trinajstić information content (AvgIpc) is 2.25. The Balaban J connectivity index is 2.37. The lowest BCUT2D eigenvalue weighted by atomic mass is 10.0. The molecule has 0 aromatic heterocycles. The number of benzene rings is 1. The van der Waals surface area contributed by atoms with Gasteiger partial charge >= 0.3 is 0 Å². The number of ketones is 1. The number of carbonyl (C=O) groups excluding carboxylic acids is 1. The van der Waals surface area contributed by atoms with Crippen LogP contribution in [0.5, 0.6) is 0 Å². The van der Waals surface area contributed by atoms with Gasteiger partial charge in [0, 0.05) is 24.3 Å². The van der Waals surface area contributed by atoms with Gasteiger partial charge in [0.15, 0.2) is 5.78 Å². The highest BCUT2D eigenvalue weighted by Gasteiger charge is 2.04. The fourth-order valence-electron chi connectivity index (χ4n) is 1.39. The molecule has 1 aromatic carbocycles. The van der Waals surface area contributed by atoms with Crippen molar-refractivity contribution in [2.24, 2.45) is 0 Å². The highest BCUT2D eigenvalue weighted by atomic mass is 16.2.